The summed E-state index contributed by atoms with van der Waals surface area (Å²) in [4.78, 5) is 5.75. The largest absolute Gasteiger partial charge is 0.417 e. The molecule has 0 spiro atoms. The Labute approximate surface area is 167 Å². The lowest BCUT2D eigenvalue weighted by molar-refractivity contribution is -0.0125. The van der Waals surface area contributed by atoms with Crippen molar-refractivity contribution in [1.82, 2.24) is 4.73 Å². The molecule has 0 bridgehead atoms. The first-order chi connectivity index (χ1) is 13.8. The van der Waals surface area contributed by atoms with Crippen molar-refractivity contribution in [2.45, 2.75) is 51.2 Å². The Hall–Kier alpha value is -2.52. The average molecular weight is 376 g/mol. The fourth-order valence-electron chi connectivity index (χ4n) is 4.27. The van der Waals surface area contributed by atoms with E-state index in [0.29, 0.717) is 6.10 Å². The first-order valence-electron chi connectivity index (χ1n) is 10.3. The third-order valence-corrected chi connectivity index (χ3v) is 5.75. The van der Waals surface area contributed by atoms with Crippen LogP contribution in [0.15, 0.2) is 66.7 Å². The van der Waals surface area contributed by atoms with E-state index in [1.165, 1.54) is 30.4 Å². The number of benzene rings is 2. The van der Waals surface area contributed by atoms with E-state index in [9.17, 15) is 0 Å². The predicted molar refractivity (Wildman–Crippen MR) is 113 cm³/mol. The first-order valence-corrected chi connectivity index (χ1v) is 10.3. The fourth-order valence-corrected chi connectivity index (χ4v) is 4.27. The van der Waals surface area contributed by atoms with Crippen molar-refractivity contribution < 1.29 is 9.57 Å². The number of rotatable bonds is 6. The third kappa shape index (κ3) is 3.85. The second kappa shape index (κ2) is 8.66. The number of ether oxygens (including phenoxy) is 1. The van der Waals surface area contributed by atoms with Gasteiger partial charge in [0.2, 0.25) is 0 Å². The van der Waals surface area contributed by atoms with Gasteiger partial charge in [-0.2, -0.15) is 4.73 Å². The van der Waals surface area contributed by atoms with Crippen LogP contribution in [0.5, 0.6) is 0 Å². The summed E-state index contributed by atoms with van der Waals surface area (Å²) < 4.78 is 8.65. The van der Waals surface area contributed by atoms with Crippen LogP contribution < -0.4 is 4.84 Å². The first kappa shape index (κ1) is 18.8. The van der Waals surface area contributed by atoms with Gasteiger partial charge in [-0.05, 0) is 31.4 Å². The average Bonchev–Trinajstić information content (AvgIpc) is 3.10. The second-order valence-corrected chi connectivity index (χ2v) is 7.60. The molecule has 1 saturated carbocycles. The Morgan fingerprint density at radius 3 is 2.18 bits per heavy atom. The molecule has 28 heavy (non-hydrogen) atoms. The smallest absolute Gasteiger partial charge is 0.110 e. The zero-order valence-corrected chi connectivity index (χ0v) is 16.8. The van der Waals surface area contributed by atoms with Crippen LogP contribution in [0.25, 0.3) is 11.3 Å². The summed E-state index contributed by atoms with van der Waals surface area (Å²) in [6.07, 6.45) is 6.40. The summed E-state index contributed by atoms with van der Waals surface area (Å²) >= 11 is 0. The normalized spacial score (nSPS) is 16.1. The zero-order chi connectivity index (χ0) is 19.3. The van der Waals surface area contributed by atoms with Gasteiger partial charge in [-0.15, -0.1) is 0 Å². The number of hydrogen-bond donors (Lipinski definition) is 0. The van der Waals surface area contributed by atoms with E-state index in [1.54, 1.807) is 7.11 Å². The molecule has 4 rings (SSSR count). The fraction of sp³-hybridized carbons (Fsp3) is 0.360. The van der Waals surface area contributed by atoms with Crippen LogP contribution in [0, 0.1) is 6.92 Å². The molecule has 1 heterocycles. The minimum absolute atomic E-state index is 0.0804. The van der Waals surface area contributed by atoms with Crippen LogP contribution in [0.2, 0.25) is 0 Å². The lowest BCUT2D eigenvalue weighted by Gasteiger charge is -2.28. The Morgan fingerprint density at radius 1 is 0.893 bits per heavy atom. The summed E-state index contributed by atoms with van der Waals surface area (Å²) in [5, 5.41) is 0. The minimum Gasteiger partial charge on any atom is -0.417 e. The maximum absolute atomic E-state index is 6.72. The molecule has 1 aromatic heterocycles. The molecular formula is C25H29NO2. The maximum Gasteiger partial charge on any atom is 0.110 e. The predicted octanol–water partition coefficient (Wildman–Crippen LogP) is 5.96. The highest BCUT2D eigenvalue weighted by molar-refractivity contribution is 5.62. The van der Waals surface area contributed by atoms with Crippen LogP contribution in [0.1, 0.15) is 55.0 Å². The van der Waals surface area contributed by atoms with E-state index < -0.39 is 0 Å². The molecule has 2 aromatic carbocycles. The van der Waals surface area contributed by atoms with Crippen molar-refractivity contribution in [3.05, 3.63) is 83.6 Å². The van der Waals surface area contributed by atoms with Gasteiger partial charge >= 0.3 is 0 Å². The van der Waals surface area contributed by atoms with Gasteiger partial charge in [-0.1, -0.05) is 79.9 Å². The van der Waals surface area contributed by atoms with Crippen LogP contribution in [-0.2, 0) is 4.74 Å². The van der Waals surface area contributed by atoms with Crippen molar-refractivity contribution in [1.29, 1.82) is 0 Å². The van der Waals surface area contributed by atoms with Gasteiger partial charge in [0.05, 0.1) is 17.5 Å². The SMILES string of the molecule is COn1c(-c2ccccc2)cc(C(OC2CCCCC2)c2ccccc2)c1C. The molecule has 0 aliphatic heterocycles. The molecule has 1 unspecified atom stereocenters. The quantitative estimate of drug-likeness (QED) is 0.530. The molecule has 0 saturated heterocycles. The summed E-state index contributed by atoms with van der Waals surface area (Å²) in [5.41, 5.74) is 5.67. The summed E-state index contributed by atoms with van der Waals surface area (Å²) in [6, 6.07) is 23.2. The monoisotopic (exact) mass is 375 g/mol. The van der Waals surface area contributed by atoms with E-state index in [1.807, 2.05) is 10.8 Å². The molecule has 3 aromatic rings. The molecule has 3 nitrogen and oxygen atoms in total. The van der Waals surface area contributed by atoms with Gasteiger partial charge in [0.1, 0.15) is 13.2 Å². The van der Waals surface area contributed by atoms with Gasteiger partial charge in [0, 0.05) is 11.1 Å². The molecule has 0 amide bonds. The molecule has 1 fully saturated rings. The number of hydrogen-bond acceptors (Lipinski definition) is 2. The van der Waals surface area contributed by atoms with Crippen molar-refractivity contribution in [3.63, 3.8) is 0 Å². The molecule has 1 aliphatic rings. The second-order valence-electron chi connectivity index (χ2n) is 7.60. The number of nitrogens with zero attached hydrogens (tertiary/aromatic N) is 1. The van der Waals surface area contributed by atoms with Gasteiger partial charge < -0.3 is 9.57 Å². The van der Waals surface area contributed by atoms with Crippen LogP contribution in [-0.4, -0.2) is 17.9 Å². The molecule has 0 radical (unpaired) electrons. The molecule has 1 atom stereocenters. The van der Waals surface area contributed by atoms with Gasteiger partial charge in [0.25, 0.3) is 0 Å². The highest BCUT2D eigenvalue weighted by Crippen LogP contribution is 2.36. The van der Waals surface area contributed by atoms with Gasteiger partial charge in [-0.25, -0.2) is 0 Å². The van der Waals surface area contributed by atoms with Gasteiger partial charge in [-0.3, -0.25) is 0 Å². The minimum atomic E-state index is -0.0804. The van der Waals surface area contributed by atoms with E-state index in [-0.39, 0.29) is 6.10 Å². The molecule has 0 N–H and O–H groups in total. The maximum atomic E-state index is 6.72. The van der Waals surface area contributed by atoms with Crippen molar-refractivity contribution >= 4 is 0 Å². The lowest BCUT2D eigenvalue weighted by atomic mass is 9.96. The highest BCUT2D eigenvalue weighted by Gasteiger charge is 2.26. The van der Waals surface area contributed by atoms with Crippen molar-refractivity contribution in [2.75, 3.05) is 7.11 Å². The Kier molecular flexibility index (Phi) is 5.82. The standard InChI is InChI=1S/C25H29NO2/c1-19-23(18-24(26(19)27-2)20-12-6-3-7-13-20)25(21-14-8-4-9-15-21)28-22-16-10-5-11-17-22/h3-4,6-9,12-15,18,22,25H,5,10-11,16-17H2,1-2H3. The molecular weight excluding hydrogens is 346 g/mol. The van der Waals surface area contributed by atoms with Crippen molar-refractivity contribution in [2.24, 2.45) is 0 Å². The van der Waals surface area contributed by atoms with E-state index >= 15 is 0 Å². The Balaban J connectivity index is 1.76. The van der Waals surface area contributed by atoms with Crippen molar-refractivity contribution in [3.8, 4) is 11.3 Å². The lowest BCUT2D eigenvalue weighted by Crippen LogP contribution is -2.21. The summed E-state index contributed by atoms with van der Waals surface area (Å²) in [5.74, 6) is 0. The summed E-state index contributed by atoms with van der Waals surface area (Å²) in [7, 11) is 1.72. The van der Waals surface area contributed by atoms with Crippen LogP contribution in [0.4, 0.5) is 0 Å². The van der Waals surface area contributed by atoms with Crippen LogP contribution >= 0.6 is 0 Å². The topological polar surface area (TPSA) is 23.4 Å². The third-order valence-electron chi connectivity index (χ3n) is 5.75. The van der Waals surface area contributed by atoms with E-state index in [0.717, 1.165) is 29.8 Å². The Morgan fingerprint density at radius 2 is 1.54 bits per heavy atom. The van der Waals surface area contributed by atoms with Gasteiger partial charge in [0.15, 0.2) is 0 Å². The summed E-state index contributed by atoms with van der Waals surface area (Å²) in [6.45, 7) is 2.12. The molecule has 146 valence electrons. The zero-order valence-electron chi connectivity index (χ0n) is 16.8. The Bertz CT molecular complexity index is 880. The van der Waals surface area contributed by atoms with Crippen LogP contribution in [0.3, 0.4) is 0 Å². The number of aromatic nitrogens is 1. The highest BCUT2D eigenvalue weighted by atomic mass is 16.6. The molecule has 1 aliphatic carbocycles. The van der Waals surface area contributed by atoms with E-state index in [4.69, 9.17) is 9.57 Å². The molecule has 3 heteroatoms. The van der Waals surface area contributed by atoms with E-state index in [2.05, 4.69) is 67.6 Å².